The minimum Gasteiger partial charge on any atom is -0.744 e. The fourth-order valence-electron chi connectivity index (χ4n) is 3.73. The third-order valence-corrected chi connectivity index (χ3v) is 8.23. The summed E-state index contributed by atoms with van der Waals surface area (Å²) in [6, 6.07) is 12.8. The lowest BCUT2D eigenvalue weighted by molar-refractivity contribution is -0.510. The lowest BCUT2D eigenvalue weighted by Crippen LogP contribution is -2.82. The molecule has 2 unspecified atom stereocenters. The molecule has 6 atom stereocenters. The van der Waals surface area contributed by atoms with Gasteiger partial charge in [-0.05, 0) is 38.1 Å². The number of benzene rings is 2. The first-order valence-electron chi connectivity index (χ1n) is 10.9. The van der Waals surface area contributed by atoms with E-state index in [1.807, 2.05) is 13.8 Å². The van der Waals surface area contributed by atoms with Gasteiger partial charge in [-0.1, -0.05) is 56.2 Å². The Morgan fingerprint density at radius 1 is 0.647 bits per heavy atom. The molecule has 0 aromatic heterocycles. The number of nitrogens with two attached hydrogens (primary N) is 1. The Bertz CT molecular complexity index is 988. The van der Waals surface area contributed by atoms with E-state index in [-0.39, 0.29) is 15.8 Å². The minimum absolute atomic E-state index is 0.178. The van der Waals surface area contributed by atoms with Crippen molar-refractivity contribution in [2.75, 3.05) is 0 Å². The molecule has 0 aliphatic heterocycles. The molecule has 192 valence electrons. The number of hydrogen-bond donors (Lipinski definition) is 3. The van der Waals surface area contributed by atoms with Gasteiger partial charge in [-0.3, -0.25) is 0 Å². The smallest absolute Gasteiger partial charge is 0.124 e. The van der Waals surface area contributed by atoms with Gasteiger partial charge in [0.2, 0.25) is 0 Å². The van der Waals surface area contributed by atoms with Gasteiger partial charge >= 0.3 is 0 Å². The number of hydrogen-bond acceptors (Lipinski definition) is 7. The number of quaternary nitrogens is 2. The summed E-state index contributed by atoms with van der Waals surface area (Å²) >= 11 is 0. The first-order chi connectivity index (χ1) is 15.5. The Kier molecular flexibility index (Phi) is 10.8. The molecule has 0 bridgehead atoms. The van der Waals surface area contributed by atoms with Crippen molar-refractivity contribution in [3.63, 3.8) is 0 Å². The van der Waals surface area contributed by atoms with E-state index in [0.717, 1.165) is 11.1 Å². The highest BCUT2D eigenvalue weighted by atomic mass is 32.2. The molecule has 0 saturated heterocycles. The van der Waals surface area contributed by atoms with Crippen molar-refractivity contribution in [3.05, 3.63) is 59.7 Å². The second kappa shape index (κ2) is 12.2. The van der Waals surface area contributed by atoms with Crippen LogP contribution < -0.4 is 17.2 Å². The van der Waals surface area contributed by atoms with E-state index in [4.69, 9.17) is 5.73 Å². The molecule has 0 spiro atoms. The maximum absolute atomic E-state index is 10.4. The van der Waals surface area contributed by atoms with Crippen LogP contribution in [0.2, 0.25) is 0 Å². The Balaban J connectivity index is 0.000000255. The van der Waals surface area contributed by atoms with Crippen LogP contribution in [0.4, 0.5) is 0 Å². The first-order valence-corrected chi connectivity index (χ1v) is 13.7. The summed E-state index contributed by atoms with van der Waals surface area (Å²) in [5.74, 6) is 1.68. The van der Waals surface area contributed by atoms with Gasteiger partial charge in [0.15, 0.2) is 0 Å². The molecule has 9 nitrogen and oxygen atoms in total. The highest BCUT2D eigenvalue weighted by molar-refractivity contribution is 7.86. The summed E-state index contributed by atoms with van der Waals surface area (Å²) in [6.07, 6.45) is 0. The van der Waals surface area contributed by atoms with Crippen molar-refractivity contribution in [1.82, 2.24) is 0 Å². The van der Waals surface area contributed by atoms with Crippen molar-refractivity contribution in [2.24, 2.45) is 23.5 Å². The van der Waals surface area contributed by atoms with Gasteiger partial charge in [-0.15, -0.1) is 0 Å². The summed E-state index contributed by atoms with van der Waals surface area (Å²) < 4.78 is 62.3. The normalized spacial score (nSPS) is 27.0. The molecule has 0 heterocycles. The molecule has 11 heteroatoms. The van der Waals surface area contributed by atoms with Crippen molar-refractivity contribution in [1.29, 1.82) is 0 Å². The zero-order chi connectivity index (χ0) is 26.4. The van der Waals surface area contributed by atoms with Crippen LogP contribution in [-0.4, -0.2) is 44.1 Å². The van der Waals surface area contributed by atoms with E-state index in [0.29, 0.717) is 29.8 Å². The predicted molar refractivity (Wildman–Crippen MR) is 127 cm³/mol. The van der Waals surface area contributed by atoms with Gasteiger partial charge < -0.3 is 26.3 Å². The first kappa shape index (κ1) is 30.2. The molecule has 0 amide bonds. The molecule has 2 aromatic rings. The monoisotopic (exact) mass is 515 g/mol. The van der Waals surface area contributed by atoms with Crippen LogP contribution in [0.1, 0.15) is 31.9 Å². The number of aryl methyl sites for hydroxylation is 2. The Morgan fingerprint density at radius 2 is 0.912 bits per heavy atom. The third kappa shape index (κ3) is 8.73. The minimum atomic E-state index is -4.27. The molecule has 34 heavy (non-hydrogen) atoms. The molecule has 1 saturated carbocycles. The van der Waals surface area contributed by atoms with Crippen LogP contribution in [0.15, 0.2) is 58.3 Å². The maximum atomic E-state index is 10.4. The third-order valence-electron chi connectivity index (χ3n) is 6.53. The van der Waals surface area contributed by atoms with E-state index in [1.54, 1.807) is 24.3 Å². The molecule has 3 rings (SSSR count). The van der Waals surface area contributed by atoms with Crippen LogP contribution in [0.3, 0.4) is 0 Å². The van der Waals surface area contributed by atoms with Gasteiger partial charge in [-0.25, -0.2) is 16.8 Å². The molecule has 0 radical (unpaired) electrons. The maximum Gasteiger partial charge on any atom is 0.124 e. The van der Waals surface area contributed by atoms with E-state index in [1.165, 1.54) is 24.3 Å². The quantitative estimate of drug-likeness (QED) is 0.476. The summed E-state index contributed by atoms with van der Waals surface area (Å²) in [5, 5.41) is 0. The summed E-state index contributed by atoms with van der Waals surface area (Å²) in [7, 11) is -8.54. The molecular formula is C23H37N3O6S2. The van der Waals surface area contributed by atoms with E-state index in [9.17, 15) is 25.9 Å². The molecule has 8 N–H and O–H groups in total. The van der Waals surface area contributed by atoms with Gasteiger partial charge in [0.05, 0.1) is 27.8 Å². The van der Waals surface area contributed by atoms with Crippen LogP contribution in [-0.2, 0) is 20.2 Å². The van der Waals surface area contributed by atoms with Crippen LogP contribution in [0, 0.1) is 31.6 Å². The van der Waals surface area contributed by atoms with Gasteiger partial charge in [0, 0.05) is 17.9 Å². The van der Waals surface area contributed by atoms with Crippen molar-refractivity contribution in [2.45, 2.75) is 62.5 Å². The Labute approximate surface area is 203 Å². The molecule has 2 aromatic carbocycles. The van der Waals surface area contributed by atoms with Crippen molar-refractivity contribution >= 4 is 20.2 Å². The molecule has 1 fully saturated rings. The van der Waals surface area contributed by atoms with Crippen LogP contribution >= 0.6 is 0 Å². The molecule has 1 aliphatic carbocycles. The molecule has 1 aliphatic rings. The Morgan fingerprint density at radius 3 is 1.15 bits per heavy atom. The molecular weight excluding hydrogens is 478 g/mol. The standard InChI is InChI=1S/C9H21N3.2C7H8O3S/c1-4-7(10)5(2)9(12)6(3)8(4)11;2*1-6-2-4-7(5-3-6)11(8,9)10/h4-9H,10-12H2,1-3H3;2*2-5H,1H3,(H,8,9,10)/t4-,5+,6?,7?,8-,9+;;. The SMILES string of the molecule is CC1[C@@H]([NH3+])[C@@H](C)C(N)[C@@H](C)[C@H]1[NH3+].Cc1ccc(S(=O)(=O)[O-])cc1.Cc1ccc(S(=O)(=O)[O-])cc1. The second-order valence-electron chi connectivity index (χ2n) is 9.02. The van der Waals surface area contributed by atoms with E-state index < -0.39 is 20.2 Å². The highest BCUT2D eigenvalue weighted by Gasteiger charge is 2.44. The van der Waals surface area contributed by atoms with Crippen LogP contribution in [0.25, 0.3) is 0 Å². The van der Waals surface area contributed by atoms with Gasteiger partial charge in [-0.2, -0.15) is 0 Å². The Hall–Kier alpha value is -1.86. The number of rotatable bonds is 2. The summed E-state index contributed by atoms with van der Waals surface area (Å²) in [6.45, 7) is 10.3. The fraction of sp³-hybridized carbons (Fsp3) is 0.478. The van der Waals surface area contributed by atoms with Crippen molar-refractivity contribution in [3.8, 4) is 0 Å². The second-order valence-corrected chi connectivity index (χ2v) is 11.8. The average Bonchev–Trinajstić information content (AvgIpc) is 2.75. The van der Waals surface area contributed by atoms with Crippen molar-refractivity contribution < 1.29 is 37.4 Å². The fourth-order valence-corrected chi connectivity index (χ4v) is 4.67. The highest BCUT2D eigenvalue weighted by Crippen LogP contribution is 2.28. The zero-order valence-electron chi connectivity index (χ0n) is 20.3. The topological polar surface area (TPSA) is 196 Å². The summed E-state index contributed by atoms with van der Waals surface area (Å²) in [4.78, 5) is -0.355. The average molecular weight is 516 g/mol. The lowest BCUT2D eigenvalue weighted by atomic mass is 9.68. The van der Waals surface area contributed by atoms with E-state index in [2.05, 4.69) is 32.2 Å². The lowest BCUT2D eigenvalue weighted by Gasteiger charge is -2.40. The predicted octanol–water partition coefficient (Wildman–Crippen LogP) is 0.255. The zero-order valence-corrected chi connectivity index (χ0v) is 22.0. The van der Waals surface area contributed by atoms with Gasteiger partial charge in [0.25, 0.3) is 0 Å². The van der Waals surface area contributed by atoms with Crippen LogP contribution in [0.5, 0.6) is 0 Å². The largest absolute Gasteiger partial charge is 0.744 e. The van der Waals surface area contributed by atoms with E-state index >= 15 is 0 Å². The summed E-state index contributed by atoms with van der Waals surface area (Å²) in [5.41, 5.74) is 16.3. The van der Waals surface area contributed by atoms with Gasteiger partial charge in [0.1, 0.15) is 20.2 Å².